The minimum Gasteiger partial charge on any atom is -0.543 e. The number of carboxylic acids is 1. The van der Waals surface area contributed by atoms with E-state index in [-0.39, 0.29) is 34.8 Å². The minimum atomic E-state index is -1.51. The van der Waals surface area contributed by atoms with Crippen LogP contribution in [0.25, 0.3) is 11.4 Å². The zero-order valence-electron chi connectivity index (χ0n) is 18.6. The molecule has 6 N–H and O–H groups in total. The summed E-state index contributed by atoms with van der Waals surface area (Å²) in [6.07, 6.45) is 3.39. The van der Waals surface area contributed by atoms with Crippen LogP contribution in [0.2, 0.25) is 0 Å². The molecular weight excluding hydrogens is 526 g/mol. The summed E-state index contributed by atoms with van der Waals surface area (Å²) < 4.78 is 6.48. The highest BCUT2D eigenvalue weighted by Gasteiger charge is 2.53. The number of thiazole rings is 1. The van der Waals surface area contributed by atoms with Gasteiger partial charge in [0.1, 0.15) is 17.1 Å². The van der Waals surface area contributed by atoms with E-state index in [1.807, 2.05) is 0 Å². The zero-order chi connectivity index (χ0) is 26.3. The summed E-state index contributed by atoms with van der Waals surface area (Å²) in [7, 11) is 0. The van der Waals surface area contributed by atoms with Crippen molar-refractivity contribution in [3.63, 3.8) is 0 Å². The van der Waals surface area contributed by atoms with Crippen molar-refractivity contribution in [3.05, 3.63) is 46.9 Å². The van der Waals surface area contributed by atoms with Crippen LogP contribution < -0.4 is 26.5 Å². The quantitative estimate of drug-likeness (QED) is 0.0827. The number of carbonyl (C=O) groups excluding carboxylic acids is 3. The molecule has 0 aromatic carbocycles. The smallest absolute Gasteiger partial charge is 0.319 e. The lowest BCUT2D eigenvalue weighted by atomic mass is 10.0. The van der Waals surface area contributed by atoms with Gasteiger partial charge in [-0.05, 0) is 0 Å². The second-order valence-corrected chi connectivity index (χ2v) is 9.83. The molecule has 2 amide bonds. The van der Waals surface area contributed by atoms with E-state index < -0.39 is 34.9 Å². The standard InChI is InChI=1S/C20H17N9O6S2/c21-19-25-14(27-35-19)8-1-3-28(4-2-8)5-9-6-36-17-12(16(31)29(17)13(9)18(32)33)24-15(30)11(26-34)10-7-37-20(22)23-10/h1-4,7,12,17H,5-6H2,(H6-,21,22,23,24,25,27,30,32,33,34)/t12-,17-/m1/s1. The molecule has 3 aromatic heterocycles. The van der Waals surface area contributed by atoms with E-state index in [1.165, 1.54) is 17.1 Å². The molecule has 2 aliphatic rings. The topological polar surface area (TPSA) is 230 Å². The minimum absolute atomic E-state index is 0.0471. The number of nitrogens with zero attached hydrogens (tertiary/aromatic N) is 6. The van der Waals surface area contributed by atoms with Gasteiger partial charge in [-0.3, -0.25) is 14.5 Å². The van der Waals surface area contributed by atoms with Crippen molar-refractivity contribution in [2.45, 2.75) is 18.0 Å². The fraction of sp³-hybridized carbons (Fsp3) is 0.200. The number of pyridine rings is 1. The van der Waals surface area contributed by atoms with Crippen molar-refractivity contribution in [2.24, 2.45) is 5.16 Å². The Hall–Kier alpha value is -4.51. The summed E-state index contributed by atoms with van der Waals surface area (Å²) in [5, 5.41) is 31.4. The van der Waals surface area contributed by atoms with E-state index in [4.69, 9.17) is 16.0 Å². The number of anilines is 2. The van der Waals surface area contributed by atoms with Crippen LogP contribution in [0, 0.1) is 0 Å². The van der Waals surface area contributed by atoms with Gasteiger partial charge in [-0.2, -0.15) is 4.98 Å². The number of aromatic nitrogens is 4. The number of carboxylic acid groups (broad SMARTS) is 1. The summed E-state index contributed by atoms with van der Waals surface area (Å²) in [5.74, 6) is -2.41. The number of amides is 2. The van der Waals surface area contributed by atoms with E-state index >= 15 is 0 Å². The van der Waals surface area contributed by atoms with Gasteiger partial charge in [-0.1, -0.05) is 10.3 Å². The monoisotopic (exact) mass is 543 g/mol. The number of nitrogens with one attached hydrogen (secondary N) is 1. The molecule has 0 spiro atoms. The van der Waals surface area contributed by atoms with Crippen molar-refractivity contribution < 1.29 is 33.8 Å². The van der Waals surface area contributed by atoms with Crippen LogP contribution in [0.5, 0.6) is 0 Å². The van der Waals surface area contributed by atoms with Crippen LogP contribution in [-0.2, 0) is 20.9 Å². The van der Waals surface area contributed by atoms with Crippen LogP contribution in [0.3, 0.4) is 0 Å². The summed E-state index contributed by atoms with van der Waals surface area (Å²) in [6.45, 7) is 0.172. The Morgan fingerprint density at radius 3 is 2.68 bits per heavy atom. The van der Waals surface area contributed by atoms with Gasteiger partial charge in [0.2, 0.25) is 5.82 Å². The Morgan fingerprint density at radius 2 is 2.08 bits per heavy atom. The van der Waals surface area contributed by atoms with Crippen LogP contribution in [-0.4, -0.2) is 65.9 Å². The molecule has 0 radical (unpaired) electrons. The van der Waals surface area contributed by atoms with Crippen LogP contribution in [0.1, 0.15) is 5.69 Å². The largest absolute Gasteiger partial charge is 0.543 e. The third-order valence-corrected chi connectivity index (χ3v) is 7.58. The fourth-order valence-electron chi connectivity index (χ4n) is 3.90. The first kappa shape index (κ1) is 24.2. The van der Waals surface area contributed by atoms with Gasteiger partial charge in [0.25, 0.3) is 11.8 Å². The SMILES string of the molecule is Nc1nc(-c2cc[n+](CC3=C(C(=O)[O-])N4C(=O)[C@@H](NC(=O)/C(=N\O)c5csc(N)n5)[C@H]4SC3)cc2)no1. The van der Waals surface area contributed by atoms with Crippen molar-refractivity contribution >= 4 is 57.7 Å². The van der Waals surface area contributed by atoms with Crippen molar-refractivity contribution in [1.82, 2.24) is 25.3 Å². The molecule has 17 heteroatoms. The first-order chi connectivity index (χ1) is 17.8. The van der Waals surface area contributed by atoms with Crippen molar-refractivity contribution in [2.75, 3.05) is 17.2 Å². The summed E-state index contributed by atoms with van der Waals surface area (Å²) >= 11 is 2.33. The van der Waals surface area contributed by atoms with Crippen LogP contribution in [0.15, 0.2) is 50.9 Å². The van der Waals surface area contributed by atoms with Crippen LogP contribution >= 0.6 is 23.1 Å². The molecule has 190 valence electrons. The van der Waals surface area contributed by atoms with E-state index in [9.17, 15) is 24.7 Å². The van der Waals surface area contributed by atoms with Gasteiger partial charge in [0, 0.05) is 34.4 Å². The highest BCUT2D eigenvalue weighted by Crippen LogP contribution is 2.40. The molecule has 5 heterocycles. The number of carbonyl (C=O) groups is 3. The Bertz CT molecular complexity index is 1460. The molecule has 0 unspecified atom stereocenters. The van der Waals surface area contributed by atoms with Gasteiger partial charge in [0.05, 0.1) is 11.7 Å². The number of hydrogen-bond donors (Lipinski definition) is 4. The molecule has 15 nitrogen and oxygen atoms in total. The second-order valence-electron chi connectivity index (χ2n) is 7.84. The molecule has 5 rings (SSSR count). The number of β-lactam (4-membered cyclic amide) rings is 1. The van der Waals surface area contributed by atoms with Gasteiger partial charge in [-0.25, -0.2) is 9.55 Å². The third kappa shape index (κ3) is 4.45. The lowest BCUT2D eigenvalue weighted by Gasteiger charge is -2.50. The van der Waals surface area contributed by atoms with E-state index in [0.717, 1.165) is 16.2 Å². The highest BCUT2D eigenvalue weighted by atomic mass is 32.2. The maximum absolute atomic E-state index is 12.9. The number of fused-ring (bicyclic) bond motifs is 1. The van der Waals surface area contributed by atoms with Gasteiger partial charge in [-0.15, -0.1) is 23.1 Å². The predicted molar refractivity (Wildman–Crippen MR) is 126 cm³/mol. The lowest BCUT2D eigenvalue weighted by Crippen LogP contribution is -2.71. The summed E-state index contributed by atoms with van der Waals surface area (Å²) in [5.41, 5.74) is 11.5. The molecule has 3 aromatic rings. The van der Waals surface area contributed by atoms with Gasteiger partial charge >= 0.3 is 6.01 Å². The highest BCUT2D eigenvalue weighted by molar-refractivity contribution is 8.00. The van der Waals surface area contributed by atoms with E-state index in [2.05, 4.69) is 25.6 Å². The number of nitrogens with two attached hydrogens (primary N) is 2. The first-order valence-electron chi connectivity index (χ1n) is 10.5. The average molecular weight is 544 g/mol. The Balaban J connectivity index is 1.31. The van der Waals surface area contributed by atoms with Crippen LogP contribution in [0.4, 0.5) is 11.1 Å². The average Bonchev–Trinajstić information content (AvgIpc) is 3.51. The molecule has 0 saturated carbocycles. The number of rotatable bonds is 7. The van der Waals surface area contributed by atoms with Gasteiger partial charge < -0.3 is 36.4 Å². The number of oxime groups is 1. The zero-order valence-corrected chi connectivity index (χ0v) is 20.2. The number of aliphatic carboxylic acids is 1. The van der Waals surface area contributed by atoms with Crippen molar-refractivity contribution in [3.8, 4) is 11.4 Å². The molecule has 0 bridgehead atoms. The second kappa shape index (κ2) is 9.51. The molecule has 37 heavy (non-hydrogen) atoms. The Labute approximate surface area is 215 Å². The Morgan fingerprint density at radius 1 is 1.32 bits per heavy atom. The van der Waals surface area contributed by atoms with E-state index in [1.54, 1.807) is 29.1 Å². The number of nitrogen functional groups attached to an aromatic ring is 2. The maximum Gasteiger partial charge on any atom is 0.319 e. The molecule has 2 atom stereocenters. The Kier molecular flexibility index (Phi) is 6.22. The van der Waals surface area contributed by atoms with Crippen molar-refractivity contribution in [1.29, 1.82) is 0 Å². The summed E-state index contributed by atoms with van der Waals surface area (Å²) in [6, 6.07) is 2.32. The number of thioether (sulfide) groups is 1. The normalized spacial score (nSPS) is 19.4. The molecule has 1 fully saturated rings. The third-order valence-electron chi connectivity index (χ3n) is 5.57. The molecular formula is C20H17N9O6S2. The molecule has 2 aliphatic heterocycles. The fourth-order valence-corrected chi connectivity index (χ4v) is 5.78. The van der Waals surface area contributed by atoms with Gasteiger partial charge in [0.15, 0.2) is 29.8 Å². The van der Waals surface area contributed by atoms with E-state index in [0.29, 0.717) is 17.0 Å². The maximum atomic E-state index is 12.9. The number of hydrogen-bond acceptors (Lipinski definition) is 14. The predicted octanol–water partition coefficient (Wildman–Crippen LogP) is -2.07. The summed E-state index contributed by atoms with van der Waals surface area (Å²) in [4.78, 5) is 46.5. The molecule has 1 saturated heterocycles. The molecule has 0 aliphatic carbocycles. The first-order valence-corrected chi connectivity index (χ1v) is 12.4. The lowest BCUT2D eigenvalue weighted by molar-refractivity contribution is -0.689.